The summed E-state index contributed by atoms with van der Waals surface area (Å²) in [6.07, 6.45) is 0.689. The van der Waals surface area contributed by atoms with E-state index in [0.717, 1.165) is 25.7 Å². The molecule has 1 heterocycles. The molecule has 0 aliphatic carbocycles. The molecule has 0 fully saturated rings. The van der Waals surface area contributed by atoms with Crippen molar-refractivity contribution in [1.82, 2.24) is 10.3 Å². The molecule has 0 saturated heterocycles. The Bertz CT molecular complexity index is 1390. The number of thiazole rings is 1. The molecule has 0 radical (unpaired) electrons. The number of hydrogen-bond donors (Lipinski definition) is 2. The maximum absolute atomic E-state index is 12.6. The van der Waals surface area contributed by atoms with Gasteiger partial charge in [-0.2, -0.15) is 0 Å². The Morgan fingerprint density at radius 1 is 1.00 bits per heavy atom. The van der Waals surface area contributed by atoms with E-state index in [-0.39, 0.29) is 17.6 Å². The third-order valence-corrected chi connectivity index (χ3v) is 7.69. The molecule has 0 atom stereocenters. The van der Waals surface area contributed by atoms with E-state index in [2.05, 4.69) is 15.6 Å². The van der Waals surface area contributed by atoms with E-state index in [0.29, 0.717) is 35.7 Å². The quantitative estimate of drug-likeness (QED) is 0.274. The number of ether oxygens (including phenoxy) is 2. The molecule has 0 bridgehead atoms. The maximum atomic E-state index is 12.6. The fraction of sp³-hybridized carbons (Fsp3) is 0.222. The minimum atomic E-state index is -0.142. The normalized spacial score (nSPS) is 10.8. The first-order valence-electron chi connectivity index (χ1n) is 11.3. The van der Waals surface area contributed by atoms with Gasteiger partial charge in [0.25, 0.3) is 5.91 Å². The van der Waals surface area contributed by atoms with Crippen LogP contribution < -0.4 is 20.1 Å². The van der Waals surface area contributed by atoms with Crippen LogP contribution in [0.2, 0.25) is 0 Å². The number of fused-ring (bicyclic) bond motifs is 1. The van der Waals surface area contributed by atoms with Gasteiger partial charge in [-0.15, -0.1) is 11.3 Å². The highest BCUT2D eigenvalue weighted by molar-refractivity contribution is 8.01. The molecule has 0 spiro atoms. The van der Waals surface area contributed by atoms with Crippen LogP contribution in [0.1, 0.15) is 21.5 Å². The van der Waals surface area contributed by atoms with E-state index in [9.17, 15) is 9.59 Å². The minimum Gasteiger partial charge on any atom is -0.493 e. The molecule has 4 rings (SSSR count). The van der Waals surface area contributed by atoms with E-state index >= 15 is 0 Å². The Kier molecular flexibility index (Phi) is 8.45. The van der Waals surface area contributed by atoms with Crippen molar-refractivity contribution in [2.75, 3.05) is 31.8 Å². The van der Waals surface area contributed by atoms with Crippen molar-refractivity contribution >= 4 is 50.8 Å². The standard InChI is InChI=1S/C27H27N3O4S2/c1-17-6-4-5-7-20(17)26(32)29-19-9-10-21-24(15-19)36-27(30-21)35-16-25(31)28-13-12-18-8-11-22(33-2)23(14-18)34-3/h4-11,14-15H,12-13,16H2,1-3H3,(H,28,31)(H,29,32). The van der Waals surface area contributed by atoms with Crippen LogP contribution in [0.5, 0.6) is 11.5 Å². The van der Waals surface area contributed by atoms with E-state index < -0.39 is 0 Å². The molecule has 0 aliphatic heterocycles. The molecule has 7 nitrogen and oxygen atoms in total. The number of aryl methyl sites for hydroxylation is 1. The van der Waals surface area contributed by atoms with Crippen molar-refractivity contribution in [1.29, 1.82) is 0 Å². The summed E-state index contributed by atoms with van der Waals surface area (Å²) >= 11 is 2.90. The van der Waals surface area contributed by atoms with Gasteiger partial charge in [-0.3, -0.25) is 9.59 Å². The van der Waals surface area contributed by atoms with Crippen LogP contribution in [0.25, 0.3) is 10.2 Å². The summed E-state index contributed by atoms with van der Waals surface area (Å²) in [5.74, 6) is 1.44. The van der Waals surface area contributed by atoms with Gasteiger partial charge in [0.2, 0.25) is 5.91 Å². The summed E-state index contributed by atoms with van der Waals surface area (Å²) in [6.45, 7) is 2.44. The molecule has 4 aromatic rings. The Hall–Kier alpha value is -3.56. The van der Waals surface area contributed by atoms with Crippen molar-refractivity contribution in [3.8, 4) is 11.5 Å². The van der Waals surface area contributed by atoms with Crippen LogP contribution in [0.3, 0.4) is 0 Å². The number of aromatic nitrogens is 1. The largest absolute Gasteiger partial charge is 0.493 e. The van der Waals surface area contributed by atoms with Gasteiger partial charge in [-0.05, 0) is 60.9 Å². The topological polar surface area (TPSA) is 89.5 Å². The summed E-state index contributed by atoms with van der Waals surface area (Å²) < 4.78 is 12.3. The highest BCUT2D eigenvalue weighted by Crippen LogP contribution is 2.31. The van der Waals surface area contributed by atoms with Crippen molar-refractivity contribution in [3.05, 3.63) is 77.4 Å². The van der Waals surface area contributed by atoms with Gasteiger partial charge in [0.1, 0.15) is 0 Å². The number of benzene rings is 3. The Morgan fingerprint density at radius 3 is 2.58 bits per heavy atom. The van der Waals surface area contributed by atoms with Gasteiger partial charge in [0.05, 0.1) is 30.2 Å². The maximum Gasteiger partial charge on any atom is 0.255 e. The first kappa shape index (κ1) is 25.5. The Labute approximate surface area is 218 Å². The molecule has 2 amide bonds. The van der Waals surface area contributed by atoms with Crippen LogP contribution in [-0.4, -0.2) is 43.3 Å². The second-order valence-corrected chi connectivity index (χ2v) is 10.3. The zero-order valence-electron chi connectivity index (χ0n) is 20.3. The van der Waals surface area contributed by atoms with Crippen LogP contribution in [0, 0.1) is 6.92 Å². The highest BCUT2D eigenvalue weighted by Gasteiger charge is 2.12. The molecule has 0 aliphatic rings. The molecule has 3 aromatic carbocycles. The SMILES string of the molecule is COc1ccc(CCNC(=O)CSc2nc3ccc(NC(=O)c4ccccc4C)cc3s2)cc1OC. The molecule has 9 heteroatoms. The number of nitrogens with zero attached hydrogens (tertiary/aromatic N) is 1. The third-order valence-electron chi connectivity index (χ3n) is 5.53. The van der Waals surface area contributed by atoms with Crippen LogP contribution in [-0.2, 0) is 11.2 Å². The number of carbonyl (C=O) groups excluding carboxylic acids is 2. The second kappa shape index (κ2) is 11.9. The van der Waals surface area contributed by atoms with Gasteiger partial charge in [-0.25, -0.2) is 4.98 Å². The smallest absolute Gasteiger partial charge is 0.255 e. The average molecular weight is 522 g/mol. The average Bonchev–Trinajstić information content (AvgIpc) is 3.30. The van der Waals surface area contributed by atoms with E-state index in [1.165, 1.54) is 23.1 Å². The third kappa shape index (κ3) is 6.35. The summed E-state index contributed by atoms with van der Waals surface area (Å²) in [5.41, 5.74) is 4.18. The lowest BCUT2D eigenvalue weighted by Crippen LogP contribution is -2.27. The van der Waals surface area contributed by atoms with Crippen molar-refractivity contribution in [2.45, 2.75) is 17.7 Å². The number of amides is 2. The number of hydrogen-bond acceptors (Lipinski definition) is 7. The first-order valence-corrected chi connectivity index (χ1v) is 13.1. The van der Waals surface area contributed by atoms with Gasteiger partial charge >= 0.3 is 0 Å². The van der Waals surface area contributed by atoms with E-state index in [4.69, 9.17) is 9.47 Å². The lowest BCUT2D eigenvalue weighted by Gasteiger charge is -2.10. The van der Waals surface area contributed by atoms with Crippen LogP contribution in [0.4, 0.5) is 5.69 Å². The summed E-state index contributed by atoms with van der Waals surface area (Å²) in [5, 5.41) is 5.90. The number of carbonyl (C=O) groups is 2. The summed E-state index contributed by atoms with van der Waals surface area (Å²) in [4.78, 5) is 29.5. The van der Waals surface area contributed by atoms with Gasteiger partial charge < -0.3 is 20.1 Å². The number of anilines is 1. The predicted molar refractivity (Wildman–Crippen MR) is 146 cm³/mol. The zero-order valence-corrected chi connectivity index (χ0v) is 21.9. The van der Waals surface area contributed by atoms with Gasteiger partial charge in [0.15, 0.2) is 15.8 Å². The number of nitrogens with one attached hydrogen (secondary N) is 2. The minimum absolute atomic E-state index is 0.0501. The second-order valence-electron chi connectivity index (χ2n) is 8.01. The van der Waals surface area contributed by atoms with Crippen molar-refractivity contribution < 1.29 is 19.1 Å². The van der Waals surface area contributed by atoms with Crippen molar-refractivity contribution in [2.24, 2.45) is 0 Å². The monoisotopic (exact) mass is 521 g/mol. The molecule has 186 valence electrons. The number of methoxy groups -OCH3 is 2. The molecule has 1 aromatic heterocycles. The van der Waals surface area contributed by atoms with Gasteiger partial charge in [0, 0.05) is 17.8 Å². The number of rotatable bonds is 10. The first-order chi connectivity index (χ1) is 17.5. The molecule has 0 saturated carbocycles. The van der Waals surface area contributed by atoms with Crippen LogP contribution in [0.15, 0.2) is 65.0 Å². The molecule has 36 heavy (non-hydrogen) atoms. The lowest BCUT2D eigenvalue weighted by molar-refractivity contribution is -0.118. The van der Waals surface area contributed by atoms with E-state index in [1.54, 1.807) is 14.2 Å². The molecular formula is C27H27N3O4S2. The van der Waals surface area contributed by atoms with Crippen molar-refractivity contribution in [3.63, 3.8) is 0 Å². The highest BCUT2D eigenvalue weighted by atomic mass is 32.2. The lowest BCUT2D eigenvalue weighted by atomic mass is 10.1. The Morgan fingerprint density at radius 2 is 1.81 bits per heavy atom. The Balaban J connectivity index is 1.28. The predicted octanol–water partition coefficient (Wildman–Crippen LogP) is 5.33. The molecule has 2 N–H and O–H groups in total. The molecular weight excluding hydrogens is 494 g/mol. The fourth-order valence-corrected chi connectivity index (χ4v) is 5.57. The summed E-state index contributed by atoms with van der Waals surface area (Å²) in [6, 6.07) is 18.9. The molecule has 0 unspecified atom stereocenters. The fourth-order valence-electron chi connectivity index (χ4n) is 3.63. The summed E-state index contributed by atoms with van der Waals surface area (Å²) in [7, 11) is 3.20. The van der Waals surface area contributed by atoms with Gasteiger partial charge in [-0.1, -0.05) is 36.0 Å². The number of thioether (sulfide) groups is 1. The zero-order chi connectivity index (χ0) is 25.5. The van der Waals surface area contributed by atoms with E-state index in [1.807, 2.05) is 67.6 Å². The van der Waals surface area contributed by atoms with Crippen LogP contribution >= 0.6 is 23.1 Å².